The summed E-state index contributed by atoms with van der Waals surface area (Å²) in [5.41, 5.74) is 4.13. The van der Waals surface area contributed by atoms with Crippen molar-refractivity contribution in [1.82, 2.24) is 0 Å². The summed E-state index contributed by atoms with van der Waals surface area (Å²) >= 11 is 0. The van der Waals surface area contributed by atoms with Crippen LogP contribution in [0.3, 0.4) is 0 Å². The van der Waals surface area contributed by atoms with Gasteiger partial charge in [-0.25, -0.2) is 0 Å². The quantitative estimate of drug-likeness (QED) is 0.464. The Morgan fingerprint density at radius 1 is 0.536 bits per heavy atom. The molecule has 0 saturated heterocycles. The molecular weight excluding hydrogens is 356 g/mol. The van der Waals surface area contributed by atoms with Gasteiger partial charge in [-0.3, -0.25) is 0 Å². The Hall–Kier alpha value is -3.34. The molecule has 3 aromatic rings. The summed E-state index contributed by atoms with van der Waals surface area (Å²) in [4.78, 5) is 0. The molecule has 5 heteroatoms. The predicted octanol–water partition coefficient (Wildman–Crippen LogP) is 4.09. The second-order valence-electron chi connectivity index (χ2n) is 6.84. The van der Waals surface area contributed by atoms with Gasteiger partial charge in [-0.2, -0.15) is 0 Å². The highest BCUT2D eigenvalue weighted by molar-refractivity contribution is 5.42. The fourth-order valence-electron chi connectivity index (χ4n) is 3.16. The second-order valence-corrected chi connectivity index (χ2v) is 6.84. The van der Waals surface area contributed by atoms with E-state index in [1.54, 1.807) is 31.4 Å². The van der Waals surface area contributed by atoms with E-state index in [4.69, 9.17) is 4.74 Å². The smallest absolute Gasteiger partial charge is 0.157 e. The van der Waals surface area contributed by atoms with Gasteiger partial charge in [-0.1, -0.05) is 18.2 Å². The average molecular weight is 380 g/mol. The van der Waals surface area contributed by atoms with Crippen molar-refractivity contribution in [3.05, 3.63) is 76.9 Å². The van der Waals surface area contributed by atoms with Gasteiger partial charge in [0.05, 0.1) is 7.11 Å². The SMILES string of the molecule is COc1cc(CCc2ccc(O)c(O)c2)cc(CCc2ccc(O)c(O)c2)c1. The van der Waals surface area contributed by atoms with Crippen molar-refractivity contribution < 1.29 is 25.2 Å². The first-order valence-electron chi connectivity index (χ1n) is 9.13. The number of rotatable bonds is 7. The molecule has 0 spiro atoms. The normalized spacial score (nSPS) is 10.8. The van der Waals surface area contributed by atoms with Crippen LogP contribution in [0.15, 0.2) is 54.6 Å². The van der Waals surface area contributed by atoms with E-state index in [0.717, 1.165) is 53.7 Å². The zero-order valence-corrected chi connectivity index (χ0v) is 15.7. The first kappa shape index (κ1) is 19.4. The van der Waals surface area contributed by atoms with E-state index in [2.05, 4.69) is 6.07 Å². The lowest BCUT2D eigenvalue weighted by atomic mass is 9.98. The third-order valence-corrected chi connectivity index (χ3v) is 4.75. The fourth-order valence-corrected chi connectivity index (χ4v) is 3.16. The number of hydrogen-bond donors (Lipinski definition) is 4. The van der Waals surface area contributed by atoms with Gasteiger partial charge in [-0.15, -0.1) is 0 Å². The van der Waals surface area contributed by atoms with Crippen LogP contribution in [-0.2, 0) is 25.7 Å². The van der Waals surface area contributed by atoms with Gasteiger partial charge in [0, 0.05) is 0 Å². The molecule has 0 aromatic heterocycles. The minimum Gasteiger partial charge on any atom is -0.504 e. The van der Waals surface area contributed by atoms with Crippen molar-refractivity contribution >= 4 is 0 Å². The van der Waals surface area contributed by atoms with Crippen molar-refractivity contribution in [1.29, 1.82) is 0 Å². The molecule has 4 N–H and O–H groups in total. The van der Waals surface area contributed by atoms with E-state index < -0.39 is 0 Å². The van der Waals surface area contributed by atoms with E-state index in [1.807, 2.05) is 12.1 Å². The first-order chi connectivity index (χ1) is 13.4. The van der Waals surface area contributed by atoms with Gasteiger partial charge < -0.3 is 25.2 Å². The summed E-state index contributed by atoms with van der Waals surface area (Å²) in [6.07, 6.45) is 3.00. The second kappa shape index (κ2) is 8.57. The Kier molecular flexibility index (Phi) is 5.94. The van der Waals surface area contributed by atoms with Crippen LogP contribution in [0.5, 0.6) is 28.7 Å². The third kappa shape index (κ3) is 4.88. The highest BCUT2D eigenvalue weighted by atomic mass is 16.5. The van der Waals surface area contributed by atoms with Crippen LogP contribution in [0, 0.1) is 0 Å². The van der Waals surface area contributed by atoms with Crippen LogP contribution >= 0.6 is 0 Å². The Morgan fingerprint density at radius 2 is 0.964 bits per heavy atom. The first-order valence-corrected chi connectivity index (χ1v) is 9.13. The maximum atomic E-state index is 9.63. The molecule has 28 heavy (non-hydrogen) atoms. The van der Waals surface area contributed by atoms with Gasteiger partial charge in [0.25, 0.3) is 0 Å². The zero-order chi connectivity index (χ0) is 20.1. The summed E-state index contributed by atoms with van der Waals surface area (Å²) in [7, 11) is 1.64. The molecule has 0 atom stereocenters. The number of benzene rings is 3. The van der Waals surface area contributed by atoms with E-state index in [0.29, 0.717) is 0 Å². The topological polar surface area (TPSA) is 90.2 Å². The molecule has 0 aliphatic carbocycles. The number of methoxy groups -OCH3 is 1. The lowest BCUT2D eigenvalue weighted by Crippen LogP contribution is -1.97. The summed E-state index contributed by atoms with van der Waals surface area (Å²) in [5, 5.41) is 38.1. The molecule has 5 nitrogen and oxygen atoms in total. The van der Waals surface area contributed by atoms with E-state index >= 15 is 0 Å². The van der Waals surface area contributed by atoms with Crippen LogP contribution in [0.2, 0.25) is 0 Å². The molecule has 0 radical (unpaired) electrons. The third-order valence-electron chi connectivity index (χ3n) is 4.75. The summed E-state index contributed by atoms with van der Waals surface area (Å²) in [5.74, 6) is 0.330. The summed E-state index contributed by atoms with van der Waals surface area (Å²) < 4.78 is 5.42. The Morgan fingerprint density at radius 3 is 1.36 bits per heavy atom. The number of aryl methyl sites for hydroxylation is 4. The number of phenolic OH excluding ortho intramolecular Hbond substituents is 4. The van der Waals surface area contributed by atoms with Crippen LogP contribution in [0.25, 0.3) is 0 Å². The Balaban J connectivity index is 1.70. The average Bonchev–Trinajstić information content (AvgIpc) is 2.69. The van der Waals surface area contributed by atoms with Gasteiger partial charge in [0.1, 0.15) is 5.75 Å². The molecule has 0 fully saturated rings. The largest absolute Gasteiger partial charge is 0.504 e. The highest BCUT2D eigenvalue weighted by Crippen LogP contribution is 2.27. The molecule has 3 aromatic carbocycles. The molecule has 0 aliphatic heterocycles. The van der Waals surface area contributed by atoms with Crippen molar-refractivity contribution in [3.8, 4) is 28.7 Å². The number of aromatic hydroxyl groups is 4. The Labute approximate surface area is 164 Å². The zero-order valence-electron chi connectivity index (χ0n) is 15.7. The predicted molar refractivity (Wildman–Crippen MR) is 107 cm³/mol. The highest BCUT2D eigenvalue weighted by Gasteiger charge is 2.06. The number of ether oxygens (including phenoxy) is 1. The number of phenols is 4. The lowest BCUT2D eigenvalue weighted by Gasteiger charge is -2.10. The maximum Gasteiger partial charge on any atom is 0.157 e. The van der Waals surface area contributed by atoms with Crippen LogP contribution in [0.1, 0.15) is 22.3 Å². The fraction of sp³-hybridized carbons (Fsp3) is 0.217. The van der Waals surface area contributed by atoms with Gasteiger partial charge >= 0.3 is 0 Å². The molecule has 0 bridgehead atoms. The molecule has 146 valence electrons. The van der Waals surface area contributed by atoms with Crippen molar-refractivity contribution in [2.75, 3.05) is 7.11 Å². The summed E-state index contributed by atoms with van der Waals surface area (Å²) in [6, 6.07) is 15.9. The van der Waals surface area contributed by atoms with Gasteiger partial charge in [0.15, 0.2) is 23.0 Å². The van der Waals surface area contributed by atoms with Crippen molar-refractivity contribution in [2.24, 2.45) is 0 Å². The van der Waals surface area contributed by atoms with Crippen LogP contribution < -0.4 is 4.74 Å². The Bertz CT molecular complexity index is 891. The van der Waals surface area contributed by atoms with Gasteiger partial charge in [0.2, 0.25) is 0 Å². The van der Waals surface area contributed by atoms with Crippen LogP contribution in [0.4, 0.5) is 0 Å². The monoisotopic (exact) mass is 380 g/mol. The number of hydrogen-bond acceptors (Lipinski definition) is 5. The molecule has 0 aliphatic rings. The van der Waals surface area contributed by atoms with Crippen molar-refractivity contribution in [3.63, 3.8) is 0 Å². The molecule has 0 heterocycles. The van der Waals surface area contributed by atoms with E-state index in [-0.39, 0.29) is 23.0 Å². The molecular formula is C23H24O5. The molecule has 3 rings (SSSR count). The van der Waals surface area contributed by atoms with Crippen LogP contribution in [-0.4, -0.2) is 27.5 Å². The standard InChI is InChI=1S/C23H24O5/c1-28-19-11-17(4-2-15-6-8-20(24)22(26)13-15)10-18(12-19)5-3-16-7-9-21(25)23(27)14-16/h6-14,24-27H,2-5H2,1H3. The lowest BCUT2D eigenvalue weighted by molar-refractivity contribution is 0.403. The maximum absolute atomic E-state index is 9.63. The van der Waals surface area contributed by atoms with Crippen molar-refractivity contribution in [2.45, 2.75) is 25.7 Å². The minimum absolute atomic E-state index is 0.110. The van der Waals surface area contributed by atoms with Gasteiger partial charge in [-0.05, 0) is 84.3 Å². The molecule has 0 unspecified atom stereocenters. The minimum atomic E-state index is -0.118. The van der Waals surface area contributed by atoms with E-state index in [9.17, 15) is 20.4 Å². The summed E-state index contributed by atoms with van der Waals surface area (Å²) in [6.45, 7) is 0. The van der Waals surface area contributed by atoms with E-state index in [1.165, 1.54) is 12.1 Å². The molecule has 0 saturated carbocycles. The molecule has 0 amide bonds.